The molecule has 1 amide bonds. The van der Waals surface area contributed by atoms with Crippen LogP contribution in [0.25, 0.3) is 0 Å². The summed E-state index contributed by atoms with van der Waals surface area (Å²) < 4.78 is 49.0. The number of aliphatic hydroxyl groups excluding tert-OH is 1. The summed E-state index contributed by atoms with van der Waals surface area (Å²) in [5.41, 5.74) is -0.771. The van der Waals surface area contributed by atoms with E-state index in [4.69, 9.17) is 5.11 Å². The summed E-state index contributed by atoms with van der Waals surface area (Å²) >= 11 is 0. The van der Waals surface area contributed by atoms with Gasteiger partial charge >= 0.3 is 6.18 Å². The second kappa shape index (κ2) is 5.21. The largest absolute Gasteiger partial charge is 0.507 e. The van der Waals surface area contributed by atoms with E-state index in [1.807, 2.05) is 0 Å². The number of hydrogen-bond donors (Lipinski definition) is 3. The molecule has 1 aromatic rings. The molecule has 0 aliphatic heterocycles. The lowest BCUT2D eigenvalue weighted by Crippen LogP contribution is -2.40. The SMILES string of the molecule is O=C(NCC(O)C(F)(F)F)c1c(O)cccc1F. The first-order valence-electron chi connectivity index (χ1n) is 4.74. The van der Waals surface area contributed by atoms with Crippen LogP contribution in [0.3, 0.4) is 0 Å². The van der Waals surface area contributed by atoms with Gasteiger partial charge in [0.25, 0.3) is 5.91 Å². The molecule has 0 saturated carbocycles. The number of carbonyl (C=O) groups excluding carboxylic acids is 1. The minimum absolute atomic E-state index is 0.700. The molecule has 0 aliphatic rings. The van der Waals surface area contributed by atoms with Gasteiger partial charge in [0.15, 0.2) is 6.10 Å². The van der Waals surface area contributed by atoms with Crippen molar-refractivity contribution in [2.45, 2.75) is 12.3 Å². The van der Waals surface area contributed by atoms with Gasteiger partial charge in [-0.15, -0.1) is 0 Å². The van der Waals surface area contributed by atoms with Crippen LogP contribution in [0.15, 0.2) is 18.2 Å². The Morgan fingerprint density at radius 3 is 2.50 bits per heavy atom. The Kier molecular flexibility index (Phi) is 4.12. The zero-order chi connectivity index (χ0) is 13.9. The topological polar surface area (TPSA) is 69.6 Å². The highest BCUT2D eigenvalue weighted by Crippen LogP contribution is 2.21. The van der Waals surface area contributed by atoms with Gasteiger partial charge in [-0.25, -0.2) is 4.39 Å². The number of phenols is 1. The molecule has 0 bridgehead atoms. The third kappa shape index (κ3) is 3.33. The summed E-state index contributed by atoms with van der Waals surface area (Å²) in [5.74, 6) is -3.02. The maximum Gasteiger partial charge on any atom is 0.416 e. The Morgan fingerprint density at radius 2 is 2.00 bits per heavy atom. The minimum atomic E-state index is -4.88. The molecule has 0 aromatic heterocycles. The van der Waals surface area contributed by atoms with Crippen LogP contribution in [0.2, 0.25) is 0 Å². The van der Waals surface area contributed by atoms with Crippen molar-refractivity contribution >= 4 is 5.91 Å². The highest BCUT2D eigenvalue weighted by atomic mass is 19.4. The van der Waals surface area contributed by atoms with Crippen molar-refractivity contribution in [3.8, 4) is 5.75 Å². The summed E-state index contributed by atoms with van der Waals surface area (Å²) in [6.45, 7) is -1.13. The van der Waals surface area contributed by atoms with Gasteiger partial charge < -0.3 is 15.5 Å². The van der Waals surface area contributed by atoms with Crippen molar-refractivity contribution in [2.75, 3.05) is 6.54 Å². The zero-order valence-electron chi connectivity index (χ0n) is 8.83. The lowest BCUT2D eigenvalue weighted by atomic mass is 10.1. The number of benzene rings is 1. The number of rotatable bonds is 3. The lowest BCUT2D eigenvalue weighted by Gasteiger charge is -2.15. The first-order valence-corrected chi connectivity index (χ1v) is 4.74. The molecule has 0 radical (unpaired) electrons. The van der Waals surface area contributed by atoms with Crippen molar-refractivity contribution in [2.24, 2.45) is 0 Å². The molecule has 1 aromatic carbocycles. The number of hydrogen-bond acceptors (Lipinski definition) is 3. The van der Waals surface area contributed by atoms with Crippen molar-refractivity contribution in [3.05, 3.63) is 29.6 Å². The van der Waals surface area contributed by atoms with Crippen LogP contribution in [-0.2, 0) is 0 Å². The molecule has 0 heterocycles. The van der Waals surface area contributed by atoms with E-state index in [-0.39, 0.29) is 0 Å². The van der Waals surface area contributed by atoms with Gasteiger partial charge in [0.2, 0.25) is 0 Å². The van der Waals surface area contributed by atoms with Crippen LogP contribution >= 0.6 is 0 Å². The number of aromatic hydroxyl groups is 1. The van der Waals surface area contributed by atoms with Gasteiger partial charge in [0.05, 0.1) is 6.54 Å². The molecule has 0 saturated heterocycles. The van der Waals surface area contributed by atoms with Crippen LogP contribution in [0.1, 0.15) is 10.4 Å². The first kappa shape index (κ1) is 14.2. The second-order valence-electron chi connectivity index (χ2n) is 3.40. The molecule has 0 spiro atoms. The lowest BCUT2D eigenvalue weighted by molar-refractivity contribution is -0.201. The number of alkyl halides is 3. The minimum Gasteiger partial charge on any atom is -0.507 e. The number of carbonyl (C=O) groups is 1. The summed E-state index contributed by atoms with van der Waals surface area (Å²) in [6.07, 6.45) is -7.64. The monoisotopic (exact) mass is 267 g/mol. The number of halogens is 4. The maximum absolute atomic E-state index is 13.2. The predicted octanol–water partition coefficient (Wildman–Crippen LogP) is 1.18. The molecule has 0 aliphatic carbocycles. The highest BCUT2D eigenvalue weighted by molar-refractivity contribution is 5.97. The number of phenolic OH excluding ortho intramolecular Hbond substituents is 1. The van der Waals surface area contributed by atoms with E-state index in [1.54, 1.807) is 5.32 Å². The van der Waals surface area contributed by atoms with E-state index in [1.165, 1.54) is 0 Å². The van der Waals surface area contributed by atoms with E-state index in [0.29, 0.717) is 0 Å². The van der Waals surface area contributed by atoms with Gasteiger partial charge in [0, 0.05) is 0 Å². The van der Waals surface area contributed by atoms with Crippen LogP contribution in [0.5, 0.6) is 5.75 Å². The summed E-state index contributed by atoms with van der Waals surface area (Å²) in [4.78, 5) is 11.3. The number of nitrogens with one attached hydrogen (secondary N) is 1. The molecule has 8 heteroatoms. The van der Waals surface area contributed by atoms with Crippen molar-refractivity contribution in [1.82, 2.24) is 5.32 Å². The Morgan fingerprint density at radius 1 is 1.39 bits per heavy atom. The fourth-order valence-corrected chi connectivity index (χ4v) is 1.13. The third-order valence-corrected chi connectivity index (χ3v) is 2.05. The fraction of sp³-hybridized carbons (Fsp3) is 0.300. The molecular weight excluding hydrogens is 258 g/mol. The van der Waals surface area contributed by atoms with Crippen molar-refractivity contribution in [1.29, 1.82) is 0 Å². The Labute approximate surface area is 98.9 Å². The van der Waals surface area contributed by atoms with Crippen molar-refractivity contribution in [3.63, 3.8) is 0 Å². The summed E-state index contributed by atoms with van der Waals surface area (Å²) in [5, 5.41) is 19.5. The van der Waals surface area contributed by atoms with E-state index in [2.05, 4.69) is 0 Å². The highest BCUT2D eigenvalue weighted by Gasteiger charge is 2.38. The standard InChI is InChI=1S/C10H9F4NO3/c11-5-2-1-3-6(16)8(5)9(18)15-4-7(17)10(12,13)14/h1-3,7,16-17H,4H2,(H,15,18). The van der Waals surface area contributed by atoms with Gasteiger partial charge in [-0.2, -0.15) is 13.2 Å². The second-order valence-corrected chi connectivity index (χ2v) is 3.40. The summed E-state index contributed by atoms with van der Waals surface area (Å²) in [7, 11) is 0. The molecule has 3 N–H and O–H groups in total. The van der Waals surface area contributed by atoms with E-state index in [0.717, 1.165) is 18.2 Å². The van der Waals surface area contributed by atoms with Gasteiger partial charge in [-0.3, -0.25) is 4.79 Å². The molecular formula is C10H9F4NO3. The number of aliphatic hydroxyl groups is 1. The Hall–Kier alpha value is -1.83. The Bertz CT molecular complexity index is 427. The average Bonchev–Trinajstić information content (AvgIpc) is 2.24. The summed E-state index contributed by atoms with van der Waals surface area (Å²) in [6, 6.07) is 3.01. The molecule has 1 atom stereocenters. The molecule has 100 valence electrons. The van der Waals surface area contributed by atoms with Crippen LogP contribution in [0.4, 0.5) is 17.6 Å². The molecule has 1 unspecified atom stereocenters. The fourth-order valence-electron chi connectivity index (χ4n) is 1.13. The molecule has 18 heavy (non-hydrogen) atoms. The first-order chi connectivity index (χ1) is 8.23. The maximum atomic E-state index is 13.2. The molecule has 1 rings (SSSR count). The van der Waals surface area contributed by atoms with Gasteiger partial charge in [0.1, 0.15) is 17.1 Å². The van der Waals surface area contributed by atoms with Crippen LogP contribution in [0, 0.1) is 5.82 Å². The Balaban J connectivity index is 2.73. The van der Waals surface area contributed by atoms with Gasteiger partial charge in [-0.05, 0) is 12.1 Å². The molecule has 4 nitrogen and oxygen atoms in total. The van der Waals surface area contributed by atoms with E-state index < -0.39 is 41.9 Å². The van der Waals surface area contributed by atoms with E-state index >= 15 is 0 Å². The average molecular weight is 267 g/mol. The van der Waals surface area contributed by atoms with Crippen LogP contribution < -0.4 is 5.32 Å². The number of amides is 1. The van der Waals surface area contributed by atoms with E-state index in [9.17, 15) is 27.5 Å². The normalized spacial score (nSPS) is 13.2. The van der Waals surface area contributed by atoms with Crippen LogP contribution in [-0.4, -0.2) is 34.9 Å². The molecule has 0 fully saturated rings. The third-order valence-electron chi connectivity index (χ3n) is 2.05. The smallest absolute Gasteiger partial charge is 0.416 e. The van der Waals surface area contributed by atoms with Gasteiger partial charge in [-0.1, -0.05) is 6.07 Å². The predicted molar refractivity (Wildman–Crippen MR) is 52.5 cm³/mol. The zero-order valence-corrected chi connectivity index (χ0v) is 8.83. The van der Waals surface area contributed by atoms with Crippen molar-refractivity contribution < 1.29 is 32.6 Å². The quantitative estimate of drug-likeness (QED) is 0.720.